The maximum absolute atomic E-state index is 12.5. The van der Waals surface area contributed by atoms with E-state index in [1.54, 1.807) is 17.6 Å². The molecule has 2 aromatic heterocycles. The van der Waals surface area contributed by atoms with Crippen molar-refractivity contribution in [2.24, 2.45) is 0 Å². The number of carbonyl (C=O) groups is 1. The fourth-order valence-electron chi connectivity index (χ4n) is 2.38. The van der Waals surface area contributed by atoms with Crippen molar-refractivity contribution in [1.29, 1.82) is 0 Å². The first-order valence-electron chi connectivity index (χ1n) is 7.15. The van der Waals surface area contributed by atoms with E-state index in [-0.39, 0.29) is 11.7 Å². The molecule has 2 heterocycles. The minimum absolute atomic E-state index is 0.126. The average molecular weight is 330 g/mol. The van der Waals surface area contributed by atoms with E-state index < -0.39 is 0 Å². The third-order valence-electron chi connectivity index (χ3n) is 3.52. The van der Waals surface area contributed by atoms with Crippen LogP contribution in [-0.2, 0) is 6.54 Å². The second-order valence-electron chi connectivity index (χ2n) is 5.44. The van der Waals surface area contributed by atoms with Crippen molar-refractivity contribution in [3.8, 4) is 0 Å². The van der Waals surface area contributed by atoms with Gasteiger partial charge in [0.15, 0.2) is 0 Å². The fourth-order valence-corrected chi connectivity index (χ4v) is 2.58. The van der Waals surface area contributed by atoms with E-state index in [4.69, 9.17) is 11.6 Å². The summed E-state index contributed by atoms with van der Waals surface area (Å²) in [6.45, 7) is 4.17. The van der Waals surface area contributed by atoms with Crippen LogP contribution in [0.4, 0.5) is 0 Å². The van der Waals surface area contributed by atoms with Crippen LogP contribution in [0.2, 0.25) is 5.02 Å². The molecule has 0 unspecified atom stereocenters. The second-order valence-corrected chi connectivity index (χ2v) is 5.85. The van der Waals surface area contributed by atoms with Crippen LogP contribution >= 0.6 is 11.6 Å². The highest BCUT2D eigenvalue weighted by molar-refractivity contribution is 6.31. The lowest BCUT2D eigenvalue weighted by molar-refractivity contribution is 0.0773. The molecule has 0 atom stereocenters. The molecule has 0 aliphatic heterocycles. The molecule has 0 radical (unpaired) electrons. The minimum atomic E-state index is -0.271. The van der Waals surface area contributed by atoms with Gasteiger partial charge >= 0.3 is 0 Å². The largest absolute Gasteiger partial charge is 0.335 e. The number of aryl methyl sites for hydroxylation is 2. The van der Waals surface area contributed by atoms with Crippen LogP contribution in [0.5, 0.6) is 0 Å². The van der Waals surface area contributed by atoms with Crippen molar-refractivity contribution in [2.75, 3.05) is 7.05 Å². The van der Waals surface area contributed by atoms with Gasteiger partial charge in [0.25, 0.3) is 11.7 Å². The zero-order chi connectivity index (χ0) is 16.6. The molecule has 0 aliphatic carbocycles. The molecule has 1 aromatic carbocycles. The van der Waals surface area contributed by atoms with Crippen LogP contribution in [0.1, 0.15) is 27.6 Å². The second kappa shape index (κ2) is 5.96. The van der Waals surface area contributed by atoms with E-state index in [0.717, 1.165) is 17.0 Å². The molecule has 7 heteroatoms. The number of aromatic nitrogens is 4. The SMILES string of the molecule is Cc1cc(C)n2nc(C(=O)N(C)Cc3ccccc3Cl)nc2n1. The highest BCUT2D eigenvalue weighted by Gasteiger charge is 2.19. The normalized spacial score (nSPS) is 11.0. The number of amides is 1. The van der Waals surface area contributed by atoms with Crippen LogP contribution < -0.4 is 0 Å². The molecule has 0 spiro atoms. The first-order chi connectivity index (χ1) is 11.0. The van der Waals surface area contributed by atoms with Gasteiger partial charge in [-0.3, -0.25) is 4.79 Å². The summed E-state index contributed by atoms with van der Waals surface area (Å²) < 4.78 is 1.57. The first kappa shape index (κ1) is 15.4. The number of hydrogen-bond acceptors (Lipinski definition) is 4. The van der Waals surface area contributed by atoms with Crippen molar-refractivity contribution < 1.29 is 4.79 Å². The van der Waals surface area contributed by atoms with Crippen molar-refractivity contribution in [3.63, 3.8) is 0 Å². The zero-order valence-corrected chi connectivity index (χ0v) is 13.9. The maximum atomic E-state index is 12.5. The molecule has 3 rings (SSSR count). The number of carbonyl (C=O) groups excluding carboxylic acids is 1. The molecular formula is C16H16ClN5O. The lowest BCUT2D eigenvalue weighted by atomic mass is 10.2. The Morgan fingerprint density at radius 2 is 2.00 bits per heavy atom. The number of rotatable bonds is 3. The van der Waals surface area contributed by atoms with Gasteiger partial charge in [0.05, 0.1) is 0 Å². The van der Waals surface area contributed by atoms with Gasteiger partial charge < -0.3 is 4.90 Å². The summed E-state index contributed by atoms with van der Waals surface area (Å²) in [6, 6.07) is 9.32. The maximum Gasteiger partial charge on any atom is 0.293 e. The minimum Gasteiger partial charge on any atom is -0.335 e. The summed E-state index contributed by atoms with van der Waals surface area (Å²) in [5.74, 6) is 0.283. The van der Waals surface area contributed by atoms with Gasteiger partial charge in [0.2, 0.25) is 5.82 Å². The van der Waals surface area contributed by atoms with Gasteiger partial charge in [-0.25, -0.2) is 9.50 Å². The monoisotopic (exact) mass is 329 g/mol. The summed E-state index contributed by atoms with van der Waals surface area (Å²) in [5, 5.41) is 4.89. The topological polar surface area (TPSA) is 63.4 Å². The highest BCUT2D eigenvalue weighted by Crippen LogP contribution is 2.17. The zero-order valence-electron chi connectivity index (χ0n) is 13.1. The van der Waals surface area contributed by atoms with E-state index in [0.29, 0.717) is 17.3 Å². The molecule has 23 heavy (non-hydrogen) atoms. The van der Waals surface area contributed by atoms with Crippen LogP contribution in [0.15, 0.2) is 30.3 Å². The van der Waals surface area contributed by atoms with Gasteiger partial charge in [-0.05, 0) is 31.5 Å². The number of hydrogen-bond donors (Lipinski definition) is 0. The summed E-state index contributed by atoms with van der Waals surface area (Å²) >= 11 is 6.14. The molecule has 6 nitrogen and oxygen atoms in total. The third kappa shape index (κ3) is 3.03. The average Bonchev–Trinajstić information content (AvgIpc) is 2.93. The molecule has 0 aliphatic rings. The van der Waals surface area contributed by atoms with Gasteiger partial charge in [-0.1, -0.05) is 29.8 Å². The van der Waals surface area contributed by atoms with E-state index in [9.17, 15) is 4.79 Å². The Labute approximate surface area is 138 Å². The fraction of sp³-hybridized carbons (Fsp3) is 0.250. The molecule has 0 fully saturated rings. The quantitative estimate of drug-likeness (QED) is 0.741. The van der Waals surface area contributed by atoms with E-state index in [2.05, 4.69) is 15.1 Å². The molecule has 0 saturated carbocycles. The summed E-state index contributed by atoms with van der Waals surface area (Å²) in [7, 11) is 1.70. The van der Waals surface area contributed by atoms with Crippen molar-refractivity contribution >= 4 is 23.3 Å². The summed E-state index contributed by atoms with van der Waals surface area (Å²) in [5.41, 5.74) is 2.59. The molecular weight excluding hydrogens is 314 g/mol. The Kier molecular flexibility index (Phi) is 4.00. The first-order valence-corrected chi connectivity index (χ1v) is 7.53. The molecule has 3 aromatic rings. The van der Waals surface area contributed by atoms with Gasteiger partial charge in [0.1, 0.15) is 0 Å². The lowest BCUT2D eigenvalue weighted by Crippen LogP contribution is -2.27. The Bertz CT molecular complexity index is 889. The number of halogens is 1. The standard InChI is InChI=1S/C16H16ClN5O/c1-10-8-11(2)22-16(18-10)19-14(20-22)15(23)21(3)9-12-6-4-5-7-13(12)17/h4-8H,9H2,1-3H3. The molecule has 1 amide bonds. The molecule has 0 N–H and O–H groups in total. The Hall–Kier alpha value is -2.47. The van der Waals surface area contributed by atoms with Gasteiger partial charge in [-0.2, -0.15) is 4.98 Å². The van der Waals surface area contributed by atoms with E-state index in [1.807, 2.05) is 38.1 Å². The Morgan fingerprint density at radius 3 is 2.74 bits per heavy atom. The molecule has 118 valence electrons. The highest BCUT2D eigenvalue weighted by atomic mass is 35.5. The Morgan fingerprint density at radius 1 is 1.26 bits per heavy atom. The number of benzene rings is 1. The predicted octanol–water partition coefficient (Wildman–Crippen LogP) is 2.67. The third-order valence-corrected chi connectivity index (χ3v) is 3.89. The number of nitrogens with zero attached hydrogens (tertiary/aromatic N) is 5. The van der Waals surface area contributed by atoms with Crippen LogP contribution in [0, 0.1) is 13.8 Å². The van der Waals surface area contributed by atoms with Crippen LogP contribution in [-0.4, -0.2) is 37.4 Å². The molecule has 0 bridgehead atoms. The van der Waals surface area contributed by atoms with Crippen molar-refractivity contribution in [2.45, 2.75) is 20.4 Å². The van der Waals surface area contributed by atoms with E-state index >= 15 is 0 Å². The van der Waals surface area contributed by atoms with Gasteiger partial charge in [-0.15, -0.1) is 5.10 Å². The Balaban J connectivity index is 1.88. The number of fused-ring (bicyclic) bond motifs is 1. The lowest BCUT2D eigenvalue weighted by Gasteiger charge is -2.16. The van der Waals surface area contributed by atoms with Gasteiger partial charge in [0, 0.05) is 30.0 Å². The summed E-state index contributed by atoms with van der Waals surface area (Å²) in [4.78, 5) is 22.6. The van der Waals surface area contributed by atoms with Crippen LogP contribution in [0.3, 0.4) is 0 Å². The van der Waals surface area contributed by atoms with Crippen molar-refractivity contribution in [3.05, 3.63) is 58.1 Å². The van der Waals surface area contributed by atoms with Crippen LogP contribution in [0.25, 0.3) is 5.78 Å². The smallest absolute Gasteiger partial charge is 0.293 e. The van der Waals surface area contributed by atoms with Crippen molar-refractivity contribution in [1.82, 2.24) is 24.5 Å². The summed E-state index contributed by atoms with van der Waals surface area (Å²) in [6.07, 6.45) is 0. The molecule has 0 saturated heterocycles. The predicted molar refractivity (Wildman–Crippen MR) is 87.5 cm³/mol. The van der Waals surface area contributed by atoms with E-state index in [1.165, 1.54) is 4.90 Å².